The van der Waals surface area contributed by atoms with Gasteiger partial charge in [0.25, 0.3) is 11.8 Å². The van der Waals surface area contributed by atoms with E-state index in [2.05, 4.69) is 31.8 Å². The molecule has 0 atom stereocenters. The van der Waals surface area contributed by atoms with Gasteiger partial charge < -0.3 is 5.32 Å². The van der Waals surface area contributed by atoms with Crippen LogP contribution in [0.25, 0.3) is 0 Å². The molecule has 0 bridgehead atoms. The van der Waals surface area contributed by atoms with Crippen molar-refractivity contribution >= 4 is 33.5 Å². The minimum Gasteiger partial charge on any atom is -0.343 e. The summed E-state index contributed by atoms with van der Waals surface area (Å²) in [5.74, 6) is -0.711. The number of halogens is 1. The van der Waals surface area contributed by atoms with Crippen molar-refractivity contribution < 1.29 is 9.59 Å². The molecule has 0 fully saturated rings. The molecule has 0 radical (unpaired) electrons. The van der Waals surface area contributed by atoms with Crippen LogP contribution >= 0.6 is 15.9 Å². The fraction of sp³-hybridized carbons (Fsp3) is 0.118. The molecule has 0 aromatic heterocycles. The normalized spacial score (nSPS) is 11.0. The lowest BCUT2D eigenvalue weighted by Gasteiger charge is -2.06. The van der Waals surface area contributed by atoms with Gasteiger partial charge in [-0.25, -0.2) is 5.43 Å². The first-order valence-electron chi connectivity index (χ1n) is 6.99. The molecule has 2 aromatic carbocycles. The predicted octanol–water partition coefficient (Wildman–Crippen LogP) is 2.72. The fourth-order valence-electron chi connectivity index (χ4n) is 1.83. The lowest BCUT2D eigenvalue weighted by molar-refractivity contribution is -0.120. The third-order valence-corrected chi connectivity index (χ3v) is 3.76. The average molecular weight is 374 g/mol. The molecule has 23 heavy (non-hydrogen) atoms. The summed E-state index contributed by atoms with van der Waals surface area (Å²) in [5, 5.41) is 6.57. The van der Waals surface area contributed by atoms with Gasteiger partial charge in [0.05, 0.1) is 17.8 Å². The number of carbonyl (C=O) groups excluding carboxylic acids is 2. The highest BCUT2D eigenvalue weighted by Crippen LogP contribution is 2.15. The van der Waals surface area contributed by atoms with E-state index < -0.39 is 0 Å². The number of hydrogen-bond donors (Lipinski definition) is 2. The standard InChI is InChI=1S/C17H16BrN3O2/c1-12(13-7-3-2-4-8-13)20-21-16(22)11-19-17(23)14-9-5-6-10-15(14)18/h2-10H,11H2,1H3,(H,19,23)(H,21,22)/b20-12-. The maximum atomic E-state index is 12.0. The van der Waals surface area contributed by atoms with Crippen molar-refractivity contribution in [2.75, 3.05) is 6.54 Å². The summed E-state index contributed by atoms with van der Waals surface area (Å²) in [6, 6.07) is 16.5. The molecule has 0 unspecified atom stereocenters. The summed E-state index contributed by atoms with van der Waals surface area (Å²) in [7, 11) is 0. The molecule has 0 heterocycles. The van der Waals surface area contributed by atoms with E-state index in [0.717, 1.165) is 5.56 Å². The molecule has 2 N–H and O–H groups in total. The van der Waals surface area contributed by atoms with Crippen molar-refractivity contribution in [1.29, 1.82) is 0 Å². The molecule has 0 saturated carbocycles. The number of hydrazone groups is 1. The molecule has 118 valence electrons. The zero-order chi connectivity index (χ0) is 16.7. The van der Waals surface area contributed by atoms with E-state index in [1.54, 1.807) is 25.1 Å². The van der Waals surface area contributed by atoms with E-state index in [0.29, 0.717) is 15.7 Å². The average Bonchev–Trinajstić information content (AvgIpc) is 2.58. The molecule has 2 rings (SSSR count). The van der Waals surface area contributed by atoms with Crippen LogP contribution in [0.2, 0.25) is 0 Å². The van der Waals surface area contributed by atoms with Crippen LogP contribution in [0.5, 0.6) is 0 Å². The number of benzene rings is 2. The largest absolute Gasteiger partial charge is 0.343 e. The Bertz CT molecular complexity index is 730. The Morgan fingerprint density at radius 2 is 1.70 bits per heavy atom. The first kappa shape index (κ1) is 16.9. The van der Waals surface area contributed by atoms with Crippen molar-refractivity contribution in [3.8, 4) is 0 Å². The van der Waals surface area contributed by atoms with E-state index in [-0.39, 0.29) is 18.4 Å². The smallest absolute Gasteiger partial charge is 0.259 e. The minimum absolute atomic E-state index is 0.147. The van der Waals surface area contributed by atoms with Crippen molar-refractivity contribution in [3.63, 3.8) is 0 Å². The van der Waals surface area contributed by atoms with Gasteiger partial charge in [-0.1, -0.05) is 42.5 Å². The summed E-state index contributed by atoms with van der Waals surface area (Å²) < 4.78 is 0.677. The third-order valence-electron chi connectivity index (χ3n) is 3.07. The van der Waals surface area contributed by atoms with Crippen molar-refractivity contribution in [1.82, 2.24) is 10.7 Å². The van der Waals surface area contributed by atoms with Gasteiger partial charge in [-0.2, -0.15) is 5.10 Å². The molecule has 0 aliphatic carbocycles. The van der Waals surface area contributed by atoms with E-state index in [1.165, 1.54) is 0 Å². The van der Waals surface area contributed by atoms with Crippen LogP contribution in [-0.2, 0) is 4.79 Å². The van der Waals surface area contributed by atoms with Gasteiger partial charge in [0, 0.05) is 4.47 Å². The quantitative estimate of drug-likeness (QED) is 0.624. The lowest BCUT2D eigenvalue weighted by atomic mass is 10.1. The highest BCUT2D eigenvalue weighted by atomic mass is 79.9. The highest BCUT2D eigenvalue weighted by molar-refractivity contribution is 9.10. The van der Waals surface area contributed by atoms with Crippen LogP contribution in [0.3, 0.4) is 0 Å². The molecule has 5 nitrogen and oxygen atoms in total. The zero-order valence-electron chi connectivity index (χ0n) is 12.5. The lowest BCUT2D eigenvalue weighted by Crippen LogP contribution is -2.35. The Morgan fingerprint density at radius 3 is 2.39 bits per heavy atom. The summed E-state index contributed by atoms with van der Waals surface area (Å²) in [4.78, 5) is 23.7. The predicted molar refractivity (Wildman–Crippen MR) is 93.3 cm³/mol. The van der Waals surface area contributed by atoms with Gasteiger partial charge in [-0.15, -0.1) is 0 Å². The Morgan fingerprint density at radius 1 is 1.04 bits per heavy atom. The molecule has 0 aliphatic rings. The zero-order valence-corrected chi connectivity index (χ0v) is 14.1. The van der Waals surface area contributed by atoms with Crippen LogP contribution in [0.15, 0.2) is 64.2 Å². The number of amides is 2. The molecular weight excluding hydrogens is 358 g/mol. The number of carbonyl (C=O) groups is 2. The Kier molecular flexibility index (Phi) is 6.05. The SMILES string of the molecule is C/C(=N/NC(=O)CNC(=O)c1ccccc1Br)c1ccccc1. The van der Waals surface area contributed by atoms with Gasteiger partial charge in [-0.3, -0.25) is 9.59 Å². The summed E-state index contributed by atoms with van der Waals surface area (Å²) >= 11 is 3.30. The van der Waals surface area contributed by atoms with Gasteiger partial charge in [0.15, 0.2) is 0 Å². The summed E-state index contributed by atoms with van der Waals surface area (Å²) in [6.07, 6.45) is 0. The second-order valence-electron chi connectivity index (χ2n) is 4.76. The first-order chi connectivity index (χ1) is 11.1. The minimum atomic E-state index is -0.388. The maximum Gasteiger partial charge on any atom is 0.259 e. The Hall–Kier alpha value is -2.47. The number of hydrogen-bond acceptors (Lipinski definition) is 3. The molecule has 2 aromatic rings. The van der Waals surface area contributed by atoms with Gasteiger partial charge in [0.1, 0.15) is 0 Å². The first-order valence-corrected chi connectivity index (χ1v) is 7.78. The summed E-state index contributed by atoms with van der Waals surface area (Å²) in [5.41, 5.74) is 4.51. The van der Waals surface area contributed by atoms with Crippen molar-refractivity contribution in [2.24, 2.45) is 5.10 Å². The van der Waals surface area contributed by atoms with E-state index in [9.17, 15) is 9.59 Å². The molecule has 0 saturated heterocycles. The fourth-order valence-corrected chi connectivity index (χ4v) is 2.30. The summed E-state index contributed by atoms with van der Waals surface area (Å²) in [6.45, 7) is 1.65. The van der Waals surface area contributed by atoms with Gasteiger partial charge >= 0.3 is 0 Å². The van der Waals surface area contributed by atoms with Crippen LogP contribution < -0.4 is 10.7 Å². The number of nitrogens with zero attached hydrogens (tertiary/aromatic N) is 1. The number of rotatable bonds is 5. The van der Waals surface area contributed by atoms with Crippen LogP contribution in [0.4, 0.5) is 0 Å². The van der Waals surface area contributed by atoms with Crippen LogP contribution in [-0.4, -0.2) is 24.1 Å². The van der Waals surface area contributed by atoms with E-state index in [1.807, 2.05) is 36.4 Å². The second kappa shape index (κ2) is 8.24. The van der Waals surface area contributed by atoms with Gasteiger partial charge in [-0.05, 0) is 40.5 Å². The molecule has 0 aliphatic heterocycles. The number of nitrogens with one attached hydrogen (secondary N) is 2. The van der Waals surface area contributed by atoms with Gasteiger partial charge in [0.2, 0.25) is 0 Å². The molecule has 0 spiro atoms. The van der Waals surface area contributed by atoms with Crippen molar-refractivity contribution in [3.05, 3.63) is 70.2 Å². The maximum absolute atomic E-state index is 12.0. The topological polar surface area (TPSA) is 70.6 Å². The molecule has 2 amide bonds. The van der Waals surface area contributed by atoms with Crippen LogP contribution in [0.1, 0.15) is 22.8 Å². The second-order valence-corrected chi connectivity index (χ2v) is 5.62. The Balaban J connectivity index is 1.86. The van der Waals surface area contributed by atoms with E-state index in [4.69, 9.17) is 0 Å². The van der Waals surface area contributed by atoms with Crippen LogP contribution in [0, 0.1) is 0 Å². The Labute approximate surface area is 142 Å². The van der Waals surface area contributed by atoms with Crippen molar-refractivity contribution in [2.45, 2.75) is 6.92 Å². The third kappa shape index (κ3) is 5.03. The monoisotopic (exact) mass is 373 g/mol. The molecule has 6 heteroatoms. The molecular formula is C17H16BrN3O2. The van der Waals surface area contributed by atoms with E-state index >= 15 is 0 Å². The highest BCUT2D eigenvalue weighted by Gasteiger charge is 2.10.